The topological polar surface area (TPSA) is 33.5 Å². The van der Waals surface area contributed by atoms with E-state index < -0.39 is 17.0 Å². The van der Waals surface area contributed by atoms with Crippen molar-refractivity contribution in [3.63, 3.8) is 0 Å². The van der Waals surface area contributed by atoms with Gasteiger partial charge in [-0.1, -0.05) is 73.9 Å². The maximum absolute atomic E-state index is 4.89. The molecule has 1 unspecified atom stereocenters. The van der Waals surface area contributed by atoms with E-state index in [0.29, 0.717) is 5.92 Å². The Morgan fingerprint density at radius 1 is 0.767 bits per heavy atom. The SMILES string of the molecule is [CH2-]c1ccccc1.[Cl][Ti][Cl].[NH2-].c1ccc2c(c1)-c1ccccc1C2C1[CH-]CCCC1. The molecule has 0 spiro atoms. The molecule has 0 radical (unpaired) electrons. The van der Waals surface area contributed by atoms with Gasteiger partial charge in [-0.2, -0.15) is 37.0 Å². The van der Waals surface area contributed by atoms with Crippen molar-refractivity contribution < 1.29 is 17.0 Å². The van der Waals surface area contributed by atoms with Gasteiger partial charge in [-0.3, -0.25) is 0 Å². The van der Waals surface area contributed by atoms with E-state index in [1.165, 1.54) is 36.8 Å². The second kappa shape index (κ2) is 13.3. The van der Waals surface area contributed by atoms with Crippen molar-refractivity contribution in [1.29, 1.82) is 0 Å². The molecule has 1 nitrogen and oxygen atoms in total. The third kappa shape index (κ3) is 6.39. The van der Waals surface area contributed by atoms with Crippen molar-refractivity contribution in [3.05, 3.63) is 115 Å². The van der Waals surface area contributed by atoms with Crippen LogP contribution in [-0.2, 0) is 17.0 Å². The third-order valence-electron chi connectivity index (χ3n) is 5.61. The van der Waals surface area contributed by atoms with Gasteiger partial charge in [-0.25, -0.2) is 0 Å². The number of hydrogen-bond acceptors (Lipinski definition) is 0. The quantitative estimate of drug-likeness (QED) is 0.250. The van der Waals surface area contributed by atoms with Gasteiger partial charge in [-0.15, -0.1) is 12.1 Å². The summed E-state index contributed by atoms with van der Waals surface area (Å²) in [5, 5.41) is 0. The molecule has 3 aromatic rings. The van der Waals surface area contributed by atoms with Gasteiger partial charge in [-0.05, 0) is 28.2 Å². The Hall–Kier alpha value is -1.22. The summed E-state index contributed by atoms with van der Waals surface area (Å²) in [5.74, 6) is 1.34. The molecule has 0 heterocycles. The monoisotopic (exact) mass is 472 g/mol. The molecule has 0 aromatic heterocycles. The standard InChI is InChI=1S/C19H19.C7H7.2ClH.H2N.Ti/c1-2-8-14(9-3-1)19-17-12-6-4-10-15(17)16-11-5-7-13-18(16)19;1-7-5-3-2-4-6-7;;;;/h4-8,10-14,19H,1-3,9H2;2-6H,1H2;2*1H;1H2;/q2*-1;;;-1;+2/p-2. The van der Waals surface area contributed by atoms with Crippen LogP contribution in [0.25, 0.3) is 17.3 Å². The van der Waals surface area contributed by atoms with Crippen molar-refractivity contribution in [3.8, 4) is 11.1 Å². The second-order valence-corrected chi connectivity index (χ2v) is 9.97. The predicted molar refractivity (Wildman–Crippen MR) is 128 cm³/mol. The molecule has 0 aliphatic heterocycles. The number of fused-ring (bicyclic) bond motifs is 3. The first-order valence-electron chi connectivity index (χ1n) is 10.1. The van der Waals surface area contributed by atoms with E-state index in [4.69, 9.17) is 18.6 Å². The molecule has 1 saturated carbocycles. The Morgan fingerprint density at radius 3 is 1.70 bits per heavy atom. The summed E-state index contributed by atoms with van der Waals surface area (Å²) in [6.45, 7) is 3.72. The molecule has 5 rings (SSSR count). The predicted octanol–water partition coefficient (Wildman–Crippen LogP) is 9.16. The zero-order valence-electron chi connectivity index (χ0n) is 17.1. The zero-order valence-corrected chi connectivity index (χ0v) is 20.2. The van der Waals surface area contributed by atoms with Gasteiger partial charge in [0.1, 0.15) is 0 Å². The summed E-state index contributed by atoms with van der Waals surface area (Å²) in [5.41, 5.74) is 7.09. The van der Waals surface area contributed by atoms with E-state index in [0.717, 1.165) is 11.5 Å². The Kier molecular flexibility index (Phi) is 11.1. The van der Waals surface area contributed by atoms with Crippen LogP contribution in [0.2, 0.25) is 0 Å². The van der Waals surface area contributed by atoms with Gasteiger partial charge >= 0.3 is 35.6 Å². The average molecular weight is 473 g/mol. The molecule has 0 bridgehead atoms. The molecule has 0 saturated heterocycles. The molecular weight excluding hydrogens is 445 g/mol. The van der Waals surface area contributed by atoms with Crippen molar-refractivity contribution in [2.75, 3.05) is 0 Å². The summed E-state index contributed by atoms with van der Waals surface area (Å²) < 4.78 is 0. The van der Waals surface area contributed by atoms with Gasteiger partial charge in [0.15, 0.2) is 0 Å². The molecule has 1 fully saturated rings. The largest absolute Gasteiger partial charge is 0.693 e. The second-order valence-electron chi connectivity index (χ2n) is 7.39. The molecule has 1 atom stereocenters. The summed E-state index contributed by atoms with van der Waals surface area (Å²) in [4.78, 5) is 0. The smallest absolute Gasteiger partial charge is 0.0141 e. The molecule has 158 valence electrons. The molecule has 2 aliphatic carbocycles. The van der Waals surface area contributed by atoms with Crippen LogP contribution in [-0.4, -0.2) is 0 Å². The van der Waals surface area contributed by atoms with Gasteiger partial charge in [0.25, 0.3) is 0 Å². The number of rotatable bonds is 1. The first kappa shape index (κ1) is 25.0. The fourth-order valence-corrected chi connectivity index (χ4v) is 4.41. The summed E-state index contributed by atoms with van der Waals surface area (Å²) in [6.07, 6.45) is 8.00. The van der Waals surface area contributed by atoms with E-state index in [1.807, 2.05) is 30.3 Å². The Labute approximate surface area is 198 Å². The molecule has 2 N–H and O–H groups in total. The van der Waals surface area contributed by atoms with E-state index in [1.54, 1.807) is 11.1 Å². The van der Waals surface area contributed by atoms with Crippen LogP contribution in [0.5, 0.6) is 0 Å². The van der Waals surface area contributed by atoms with Crippen molar-refractivity contribution in [1.82, 2.24) is 0 Å². The molecule has 0 amide bonds. The summed E-state index contributed by atoms with van der Waals surface area (Å²) >= 11 is -0.556. The average Bonchev–Trinajstić information content (AvgIpc) is 3.11. The van der Waals surface area contributed by atoms with Crippen LogP contribution >= 0.6 is 18.6 Å². The van der Waals surface area contributed by atoms with Crippen LogP contribution < -0.4 is 0 Å². The van der Waals surface area contributed by atoms with E-state index in [-0.39, 0.29) is 6.15 Å². The van der Waals surface area contributed by atoms with Crippen molar-refractivity contribution in [2.24, 2.45) is 5.92 Å². The number of hydrogen-bond donors (Lipinski definition) is 0. The number of benzene rings is 3. The minimum atomic E-state index is -0.556. The van der Waals surface area contributed by atoms with Crippen LogP contribution in [0.3, 0.4) is 0 Å². The van der Waals surface area contributed by atoms with Gasteiger partial charge in [0, 0.05) is 0 Å². The van der Waals surface area contributed by atoms with Crippen LogP contribution in [0, 0.1) is 19.3 Å². The summed E-state index contributed by atoms with van der Waals surface area (Å²) in [7, 11) is 9.78. The van der Waals surface area contributed by atoms with Gasteiger partial charge in [0.2, 0.25) is 0 Å². The maximum Gasteiger partial charge on any atom is -0.0141 e. The van der Waals surface area contributed by atoms with Crippen molar-refractivity contribution in [2.45, 2.75) is 31.6 Å². The zero-order chi connectivity index (χ0) is 20.5. The first-order valence-corrected chi connectivity index (χ1v) is 14.4. The molecular formula is C26H28Cl2NTi-3. The Balaban J connectivity index is 0.000000246. The summed E-state index contributed by atoms with van der Waals surface area (Å²) in [6, 6.07) is 27.9. The van der Waals surface area contributed by atoms with E-state index in [9.17, 15) is 0 Å². The maximum atomic E-state index is 4.89. The minimum Gasteiger partial charge on any atom is -0.693 e. The van der Waals surface area contributed by atoms with Gasteiger partial charge < -0.3 is 12.6 Å². The van der Waals surface area contributed by atoms with Gasteiger partial charge in [0.05, 0.1) is 0 Å². The van der Waals surface area contributed by atoms with E-state index in [2.05, 4.69) is 61.9 Å². The van der Waals surface area contributed by atoms with Crippen LogP contribution in [0.4, 0.5) is 0 Å². The molecule has 2 aliphatic rings. The fraction of sp³-hybridized carbons (Fsp3) is 0.231. The Bertz CT molecular complexity index is 833. The first-order chi connectivity index (χ1) is 14.3. The van der Waals surface area contributed by atoms with Crippen molar-refractivity contribution >= 4 is 18.6 Å². The Morgan fingerprint density at radius 2 is 1.27 bits per heavy atom. The molecule has 3 aromatic carbocycles. The molecule has 30 heavy (non-hydrogen) atoms. The van der Waals surface area contributed by atoms with Crippen LogP contribution in [0.15, 0.2) is 78.9 Å². The fourth-order valence-electron chi connectivity index (χ4n) is 4.41. The molecule has 4 heteroatoms. The number of nitrogens with two attached hydrogens (primary N) is 1. The van der Waals surface area contributed by atoms with Crippen LogP contribution in [0.1, 0.15) is 48.3 Å². The minimum absolute atomic E-state index is 0. The van der Waals surface area contributed by atoms with E-state index >= 15 is 0 Å². The third-order valence-corrected chi connectivity index (χ3v) is 5.61. The normalized spacial score (nSPS) is 16.4. The number of halogens is 2.